The molecule has 1 unspecified atom stereocenters. The highest BCUT2D eigenvalue weighted by atomic mass is 19.1. The number of hydrogen-bond donors (Lipinski definition) is 2. The predicted molar refractivity (Wildman–Crippen MR) is 83.8 cm³/mol. The number of halogens is 1. The number of nitrogens with zero attached hydrogens (tertiary/aromatic N) is 1. The second-order valence-electron chi connectivity index (χ2n) is 5.02. The second-order valence-corrected chi connectivity index (χ2v) is 5.02. The van der Waals surface area contributed by atoms with Crippen molar-refractivity contribution in [3.05, 3.63) is 64.3 Å². The Labute approximate surface area is 137 Å². The largest absolute Gasteiger partial charge is 0.481 e. The molecule has 0 saturated heterocycles. The Morgan fingerprint density at radius 1 is 1.17 bits per heavy atom. The van der Waals surface area contributed by atoms with Gasteiger partial charge in [0, 0.05) is 24.9 Å². The van der Waals surface area contributed by atoms with E-state index in [9.17, 15) is 18.8 Å². The van der Waals surface area contributed by atoms with Crippen LogP contribution in [0.2, 0.25) is 0 Å². The standard InChI is InChI=1S/C16H16FN3O4/c1-10(24-13-5-3-12(17)4-6-13)15(22)18-19-16(23)11-7-8-20(2)14(21)9-11/h3-10H,1-2H3,(H,18,22)(H,19,23). The van der Waals surface area contributed by atoms with Gasteiger partial charge < -0.3 is 9.30 Å². The zero-order chi connectivity index (χ0) is 17.7. The number of carbonyl (C=O) groups is 2. The van der Waals surface area contributed by atoms with Crippen LogP contribution in [0.4, 0.5) is 4.39 Å². The van der Waals surface area contributed by atoms with Crippen molar-refractivity contribution in [2.75, 3.05) is 0 Å². The van der Waals surface area contributed by atoms with Gasteiger partial charge in [-0.25, -0.2) is 4.39 Å². The van der Waals surface area contributed by atoms with E-state index < -0.39 is 23.7 Å². The van der Waals surface area contributed by atoms with Crippen molar-refractivity contribution in [1.29, 1.82) is 0 Å². The van der Waals surface area contributed by atoms with Crippen molar-refractivity contribution in [2.45, 2.75) is 13.0 Å². The SMILES string of the molecule is CC(Oc1ccc(F)cc1)C(=O)NNC(=O)c1ccn(C)c(=O)c1. The van der Waals surface area contributed by atoms with Gasteiger partial charge in [0.05, 0.1) is 0 Å². The van der Waals surface area contributed by atoms with Crippen LogP contribution < -0.4 is 21.1 Å². The fourth-order valence-corrected chi connectivity index (χ4v) is 1.75. The van der Waals surface area contributed by atoms with Crippen molar-refractivity contribution < 1.29 is 18.7 Å². The first-order chi connectivity index (χ1) is 11.4. The van der Waals surface area contributed by atoms with Gasteiger partial charge in [-0.1, -0.05) is 0 Å². The maximum Gasteiger partial charge on any atom is 0.279 e. The molecule has 2 rings (SSSR count). The Hall–Kier alpha value is -3.16. The molecular weight excluding hydrogens is 317 g/mol. The quantitative estimate of drug-likeness (QED) is 0.808. The molecule has 1 aromatic carbocycles. The topological polar surface area (TPSA) is 89.4 Å². The second kappa shape index (κ2) is 7.40. The first-order valence-corrected chi connectivity index (χ1v) is 7.06. The van der Waals surface area contributed by atoms with Gasteiger partial charge in [0.15, 0.2) is 6.10 Å². The van der Waals surface area contributed by atoms with E-state index in [1.807, 2.05) is 0 Å². The fourth-order valence-electron chi connectivity index (χ4n) is 1.75. The normalized spacial score (nSPS) is 11.5. The highest BCUT2D eigenvalue weighted by Gasteiger charge is 2.16. The molecule has 126 valence electrons. The van der Waals surface area contributed by atoms with Crippen molar-refractivity contribution in [3.8, 4) is 5.75 Å². The van der Waals surface area contributed by atoms with Crippen molar-refractivity contribution in [1.82, 2.24) is 15.4 Å². The molecule has 2 N–H and O–H groups in total. The first-order valence-electron chi connectivity index (χ1n) is 7.06. The lowest BCUT2D eigenvalue weighted by Crippen LogP contribution is -2.47. The highest BCUT2D eigenvalue weighted by molar-refractivity contribution is 5.95. The summed E-state index contributed by atoms with van der Waals surface area (Å²) in [5.74, 6) is -1.33. The minimum atomic E-state index is -0.917. The van der Waals surface area contributed by atoms with E-state index in [4.69, 9.17) is 4.74 Å². The van der Waals surface area contributed by atoms with Gasteiger partial charge in [-0.15, -0.1) is 0 Å². The number of carbonyl (C=O) groups excluding carboxylic acids is 2. The first kappa shape index (κ1) is 17.2. The van der Waals surface area contributed by atoms with Crippen molar-refractivity contribution in [2.24, 2.45) is 7.05 Å². The van der Waals surface area contributed by atoms with Gasteiger partial charge >= 0.3 is 0 Å². The fraction of sp³-hybridized carbons (Fsp3) is 0.188. The van der Waals surface area contributed by atoms with Gasteiger partial charge in [-0.2, -0.15) is 0 Å². The number of aryl methyl sites for hydroxylation is 1. The molecule has 0 aliphatic carbocycles. The molecule has 0 aliphatic rings. The molecule has 2 amide bonds. The summed E-state index contributed by atoms with van der Waals surface area (Å²) in [4.78, 5) is 35.2. The van der Waals surface area contributed by atoms with Crippen LogP contribution in [0.5, 0.6) is 5.75 Å². The predicted octanol–water partition coefficient (Wildman–Crippen LogP) is 0.753. The third-order valence-corrected chi connectivity index (χ3v) is 3.16. The number of rotatable bonds is 4. The molecule has 1 atom stereocenters. The maximum absolute atomic E-state index is 12.8. The average Bonchev–Trinajstić information content (AvgIpc) is 2.56. The third-order valence-electron chi connectivity index (χ3n) is 3.16. The molecule has 1 aromatic heterocycles. The lowest BCUT2D eigenvalue weighted by molar-refractivity contribution is -0.128. The van der Waals surface area contributed by atoms with Crippen LogP contribution in [-0.2, 0) is 11.8 Å². The maximum atomic E-state index is 12.8. The zero-order valence-corrected chi connectivity index (χ0v) is 13.1. The van der Waals surface area contributed by atoms with E-state index in [2.05, 4.69) is 10.9 Å². The Morgan fingerprint density at radius 2 is 1.83 bits per heavy atom. The molecule has 7 nitrogen and oxygen atoms in total. The van der Waals surface area contributed by atoms with Crippen LogP contribution in [0.1, 0.15) is 17.3 Å². The van der Waals surface area contributed by atoms with Crippen LogP contribution in [0, 0.1) is 5.82 Å². The molecule has 0 radical (unpaired) electrons. The van der Waals surface area contributed by atoms with Crippen LogP contribution >= 0.6 is 0 Å². The third kappa shape index (κ3) is 4.42. The minimum absolute atomic E-state index is 0.116. The van der Waals surface area contributed by atoms with E-state index in [1.54, 1.807) is 7.05 Å². The van der Waals surface area contributed by atoms with Gasteiger partial charge in [0.1, 0.15) is 11.6 Å². The van der Waals surface area contributed by atoms with Crippen molar-refractivity contribution in [3.63, 3.8) is 0 Å². The molecular formula is C16H16FN3O4. The summed E-state index contributed by atoms with van der Waals surface area (Å²) in [7, 11) is 1.56. The van der Waals surface area contributed by atoms with E-state index in [1.165, 1.54) is 48.0 Å². The smallest absolute Gasteiger partial charge is 0.279 e. The summed E-state index contributed by atoms with van der Waals surface area (Å²) in [5.41, 5.74) is 4.17. The number of hydrogen-bond acceptors (Lipinski definition) is 4. The van der Waals surface area contributed by atoms with Crippen LogP contribution in [-0.4, -0.2) is 22.5 Å². The summed E-state index contributed by atoms with van der Waals surface area (Å²) in [6.45, 7) is 1.48. The Morgan fingerprint density at radius 3 is 2.46 bits per heavy atom. The Bertz CT molecular complexity index is 802. The molecule has 0 aliphatic heterocycles. The molecule has 24 heavy (non-hydrogen) atoms. The lowest BCUT2D eigenvalue weighted by atomic mass is 10.2. The zero-order valence-electron chi connectivity index (χ0n) is 13.1. The number of benzene rings is 1. The number of nitrogens with one attached hydrogen (secondary N) is 2. The number of hydrazine groups is 1. The summed E-state index contributed by atoms with van der Waals surface area (Å²) >= 11 is 0. The highest BCUT2D eigenvalue weighted by Crippen LogP contribution is 2.12. The number of aromatic nitrogens is 1. The lowest BCUT2D eigenvalue weighted by Gasteiger charge is -2.15. The molecule has 0 saturated carbocycles. The van der Waals surface area contributed by atoms with Gasteiger partial charge in [-0.3, -0.25) is 25.2 Å². The van der Waals surface area contributed by atoms with E-state index in [0.29, 0.717) is 5.75 Å². The number of ether oxygens (including phenoxy) is 1. The van der Waals surface area contributed by atoms with E-state index in [-0.39, 0.29) is 11.1 Å². The summed E-state index contributed by atoms with van der Waals surface area (Å²) in [6.07, 6.45) is 0.527. The molecule has 1 heterocycles. The number of amides is 2. The molecule has 2 aromatic rings. The Kier molecular flexibility index (Phi) is 5.31. The molecule has 0 fully saturated rings. The van der Waals surface area contributed by atoms with Gasteiger partial charge in [-0.05, 0) is 37.3 Å². The van der Waals surface area contributed by atoms with Crippen molar-refractivity contribution >= 4 is 11.8 Å². The minimum Gasteiger partial charge on any atom is -0.481 e. The molecule has 0 spiro atoms. The Balaban J connectivity index is 1.89. The van der Waals surface area contributed by atoms with Crippen LogP contribution in [0.25, 0.3) is 0 Å². The summed E-state index contributed by atoms with van der Waals surface area (Å²) in [5, 5.41) is 0. The number of pyridine rings is 1. The van der Waals surface area contributed by atoms with E-state index >= 15 is 0 Å². The van der Waals surface area contributed by atoms with Crippen LogP contribution in [0.15, 0.2) is 47.4 Å². The van der Waals surface area contributed by atoms with E-state index in [0.717, 1.165) is 6.07 Å². The van der Waals surface area contributed by atoms with Crippen LogP contribution in [0.3, 0.4) is 0 Å². The molecule has 8 heteroatoms. The van der Waals surface area contributed by atoms with Gasteiger partial charge in [0.2, 0.25) is 0 Å². The summed E-state index contributed by atoms with van der Waals surface area (Å²) in [6, 6.07) is 7.78. The molecule has 0 bridgehead atoms. The monoisotopic (exact) mass is 333 g/mol. The average molecular weight is 333 g/mol. The summed E-state index contributed by atoms with van der Waals surface area (Å²) < 4.78 is 19.4. The van der Waals surface area contributed by atoms with Gasteiger partial charge in [0.25, 0.3) is 17.4 Å².